The zero-order valence-electron chi connectivity index (χ0n) is 29.3. The minimum absolute atomic E-state index is 0.0373. The molecule has 0 aromatic heterocycles. The molecule has 0 bridgehead atoms. The van der Waals surface area contributed by atoms with E-state index in [0.717, 1.165) is 32.1 Å². The summed E-state index contributed by atoms with van der Waals surface area (Å²) in [6.07, 6.45) is 39.2. The maximum atomic E-state index is 12.4. The minimum atomic E-state index is -0.285. The monoisotopic (exact) mass is 612 g/mol. The first kappa shape index (κ1) is 42.2. The second-order valence-electron chi connectivity index (χ2n) is 13.1. The van der Waals surface area contributed by atoms with E-state index in [1.54, 1.807) is 0 Å². The van der Waals surface area contributed by atoms with Crippen LogP contribution in [0.4, 0.5) is 4.79 Å². The molecule has 0 radical (unpaired) electrons. The fourth-order valence-corrected chi connectivity index (χ4v) is 5.94. The summed E-state index contributed by atoms with van der Waals surface area (Å²) in [5.74, 6) is 0. The number of alkyl carbamates (subject to hydrolysis) is 1. The van der Waals surface area contributed by atoms with E-state index >= 15 is 0 Å². The number of aliphatic hydroxyl groups is 1. The Morgan fingerprint density at radius 1 is 0.512 bits per heavy atom. The second kappa shape index (κ2) is 37.4. The van der Waals surface area contributed by atoms with Crippen molar-refractivity contribution in [2.45, 2.75) is 213 Å². The summed E-state index contributed by atoms with van der Waals surface area (Å²) in [5, 5.41) is 11.7. The van der Waals surface area contributed by atoms with Gasteiger partial charge in [0.05, 0.1) is 13.2 Å². The Morgan fingerprint density at radius 2 is 0.860 bits per heavy atom. The lowest BCUT2D eigenvalue weighted by Crippen LogP contribution is -2.30. The van der Waals surface area contributed by atoms with Gasteiger partial charge in [-0.15, -0.1) is 0 Å². The second-order valence-corrected chi connectivity index (χ2v) is 13.1. The van der Waals surface area contributed by atoms with Crippen molar-refractivity contribution in [2.75, 3.05) is 26.4 Å². The Balaban J connectivity index is 3.96. The van der Waals surface area contributed by atoms with Crippen molar-refractivity contribution >= 4 is 6.09 Å². The molecule has 43 heavy (non-hydrogen) atoms. The predicted molar refractivity (Wildman–Crippen MR) is 186 cm³/mol. The highest BCUT2D eigenvalue weighted by atomic mass is 16.6. The zero-order valence-corrected chi connectivity index (χ0v) is 29.3. The third kappa shape index (κ3) is 35.5. The molecule has 0 aromatic carbocycles. The van der Waals surface area contributed by atoms with Crippen LogP contribution in [-0.4, -0.2) is 43.7 Å². The van der Waals surface area contributed by atoms with Gasteiger partial charge >= 0.3 is 6.09 Å². The van der Waals surface area contributed by atoms with Crippen LogP contribution >= 0.6 is 0 Å². The summed E-state index contributed by atoms with van der Waals surface area (Å²) in [6.45, 7) is 6.05. The van der Waals surface area contributed by atoms with E-state index in [1.807, 2.05) is 0 Å². The standard InChI is InChI=1S/C38H77NO4/c1-3-5-7-9-11-13-15-17-18-19-21-23-25-27-29-32-37(43-38(41)39-33-30-35-42-36-34-40)31-28-26-24-22-20-16-14-12-10-8-6-4-2/h37,40H,3-36H2,1-2H3,(H,39,41). The van der Waals surface area contributed by atoms with Gasteiger partial charge in [-0.3, -0.25) is 0 Å². The molecule has 1 amide bonds. The first-order valence-electron chi connectivity index (χ1n) is 19.4. The summed E-state index contributed by atoms with van der Waals surface area (Å²) in [4.78, 5) is 12.4. The van der Waals surface area contributed by atoms with Gasteiger partial charge in [0.15, 0.2) is 0 Å². The van der Waals surface area contributed by atoms with Crippen LogP contribution in [0.25, 0.3) is 0 Å². The number of aliphatic hydroxyl groups excluding tert-OH is 1. The molecular weight excluding hydrogens is 534 g/mol. The topological polar surface area (TPSA) is 67.8 Å². The van der Waals surface area contributed by atoms with Crippen LogP contribution in [0.15, 0.2) is 0 Å². The number of carbonyl (C=O) groups is 1. The quantitative estimate of drug-likeness (QED) is 0.0692. The van der Waals surface area contributed by atoms with E-state index < -0.39 is 0 Å². The molecule has 0 aliphatic rings. The number of rotatable bonds is 36. The fourth-order valence-electron chi connectivity index (χ4n) is 5.94. The van der Waals surface area contributed by atoms with Crippen LogP contribution in [0.3, 0.4) is 0 Å². The van der Waals surface area contributed by atoms with E-state index in [0.29, 0.717) is 19.8 Å². The van der Waals surface area contributed by atoms with Crippen molar-refractivity contribution in [3.8, 4) is 0 Å². The molecule has 0 heterocycles. The van der Waals surface area contributed by atoms with E-state index in [2.05, 4.69) is 19.2 Å². The van der Waals surface area contributed by atoms with E-state index in [-0.39, 0.29) is 18.8 Å². The molecule has 1 atom stereocenters. The van der Waals surface area contributed by atoms with Gasteiger partial charge < -0.3 is 19.9 Å². The molecule has 0 aromatic rings. The normalized spacial score (nSPS) is 12.1. The minimum Gasteiger partial charge on any atom is -0.446 e. The number of nitrogens with one attached hydrogen (secondary N) is 1. The summed E-state index contributed by atoms with van der Waals surface area (Å²) >= 11 is 0. The van der Waals surface area contributed by atoms with Gasteiger partial charge in [0.1, 0.15) is 6.10 Å². The van der Waals surface area contributed by atoms with Gasteiger partial charge in [-0.2, -0.15) is 0 Å². The van der Waals surface area contributed by atoms with Crippen LogP contribution in [0.5, 0.6) is 0 Å². The molecule has 258 valence electrons. The van der Waals surface area contributed by atoms with E-state index in [4.69, 9.17) is 14.6 Å². The molecule has 0 rings (SSSR count). The lowest BCUT2D eigenvalue weighted by molar-refractivity contribution is 0.0789. The van der Waals surface area contributed by atoms with Gasteiger partial charge in [-0.1, -0.05) is 174 Å². The molecule has 1 unspecified atom stereocenters. The lowest BCUT2D eigenvalue weighted by Gasteiger charge is -2.18. The van der Waals surface area contributed by atoms with Crippen LogP contribution < -0.4 is 5.32 Å². The SMILES string of the molecule is CCCCCCCCCCCCCCCCCC(CCCCCCCCCCCCCC)OC(=O)NCCCOCCO. The third-order valence-electron chi connectivity index (χ3n) is 8.75. The number of unbranched alkanes of at least 4 members (excludes halogenated alkanes) is 25. The predicted octanol–water partition coefficient (Wildman–Crippen LogP) is 11.8. The Morgan fingerprint density at radius 3 is 1.21 bits per heavy atom. The summed E-state index contributed by atoms with van der Waals surface area (Å²) in [6, 6.07) is 0. The summed E-state index contributed by atoms with van der Waals surface area (Å²) in [5.41, 5.74) is 0. The largest absolute Gasteiger partial charge is 0.446 e. The molecule has 0 spiro atoms. The molecule has 5 heteroatoms. The summed E-state index contributed by atoms with van der Waals surface area (Å²) in [7, 11) is 0. The van der Waals surface area contributed by atoms with Crippen LogP contribution in [0.2, 0.25) is 0 Å². The smallest absolute Gasteiger partial charge is 0.407 e. The van der Waals surface area contributed by atoms with Crippen molar-refractivity contribution in [2.24, 2.45) is 0 Å². The van der Waals surface area contributed by atoms with Crippen molar-refractivity contribution in [1.29, 1.82) is 0 Å². The first-order chi connectivity index (χ1) is 21.2. The highest BCUT2D eigenvalue weighted by molar-refractivity contribution is 5.67. The van der Waals surface area contributed by atoms with Crippen LogP contribution in [0.1, 0.15) is 206 Å². The van der Waals surface area contributed by atoms with Crippen molar-refractivity contribution in [1.82, 2.24) is 5.32 Å². The zero-order chi connectivity index (χ0) is 31.3. The maximum Gasteiger partial charge on any atom is 0.407 e. The van der Waals surface area contributed by atoms with Gasteiger partial charge in [0.2, 0.25) is 0 Å². The highest BCUT2D eigenvalue weighted by Gasteiger charge is 2.14. The Kier molecular flexibility index (Phi) is 36.7. The van der Waals surface area contributed by atoms with Gasteiger partial charge in [0.25, 0.3) is 0 Å². The van der Waals surface area contributed by atoms with Crippen LogP contribution in [0, 0.1) is 0 Å². The first-order valence-corrected chi connectivity index (χ1v) is 19.4. The van der Waals surface area contributed by atoms with Gasteiger partial charge in [0, 0.05) is 13.2 Å². The van der Waals surface area contributed by atoms with E-state index in [9.17, 15) is 4.79 Å². The fraction of sp³-hybridized carbons (Fsp3) is 0.974. The Labute approximate surface area is 269 Å². The molecule has 0 aliphatic carbocycles. The van der Waals surface area contributed by atoms with Gasteiger partial charge in [-0.25, -0.2) is 4.79 Å². The molecule has 5 nitrogen and oxygen atoms in total. The number of ether oxygens (including phenoxy) is 2. The number of amides is 1. The number of hydrogen-bond acceptors (Lipinski definition) is 4. The average Bonchev–Trinajstić information content (AvgIpc) is 3.01. The third-order valence-corrected chi connectivity index (χ3v) is 8.75. The number of hydrogen-bond donors (Lipinski definition) is 2. The van der Waals surface area contributed by atoms with Crippen molar-refractivity contribution < 1.29 is 19.4 Å². The molecule has 0 fully saturated rings. The average molecular weight is 612 g/mol. The van der Waals surface area contributed by atoms with Crippen molar-refractivity contribution in [3.63, 3.8) is 0 Å². The molecule has 0 saturated carbocycles. The lowest BCUT2D eigenvalue weighted by atomic mass is 10.0. The van der Waals surface area contributed by atoms with Gasteiger partial charge in [-0.05, 0) is 32.1 Å². The summed E-state index contributed by atoms with van der Waals surface area (Å²) < 4.78 is 11.1. The Hall–Kier alpha value is -0.810. The Bertz CT molecular complexity index is 530. The van der Waals surface area contributed by atoms with Crippen LogP contribution in [-0.2, 0) is 9.47 Å². The van der Waals surface area contributed by atoms with E-state index in [1.165, 1.54) is 161 Å². The molecule has 0 saturated heterocycles. The number of carbonyl (C=O) groups excluding carboxylic acids is 1. The molecule has 2 N–H and O–H groups in total. The van der Waals surface area contributed by atoms with Crippen molar-refractivity contribution in [3.05, 3.63) is 0 Å². The molecular formula is C38H77NO4. The molecule has 0 aliphatic heterocycles. The highest BCUT2D eigenvalue weighted by Crippen LogP contribution is 2.18. The maximum absolute atomic E-state index is 12.4.